The van der Waals surface area contributed by atoms with Crippen molar-refractivity contribution in [2.45, 2.75) is 34.6 Å². The summed E-state index contributed by atoms with van der Waals surface area (Å²) in [7, 11) is 0. The van der Waals surface area contributed by atoms with Gasteiger partial charge in [-0.1, -0.05) is 36.0 Å². The summed E-state index contributed by atoms with van der Waals surface area (Å²) in [4.78, 5) is 0. The second-order valence-corrected chi connectivity index (χ2v) is 3.45. The van der Waals surface area contributed by atoms with Gasteiger partial charge in [0.05, 0.1) is 0 Å². The highest BCUT2D eigenvalue weighted by Gasteiger charge is 1.90. The van der Waals surface area contributed by atoms with Gasteiger partial charge in [-0.15, -0.1) is 0 Å². The summed E-state index contributed by atoms with van der Waals surface area (Å²) in [5.74, 6) is 0. The predicted molar refractivity (Wildman–Crippen MR) is 61.8 cm³/mol. The fraction of sp³-hybridized carbons (Fsp3) is 0.385. The first-order valence-corrected chi connectivity index (χ1v) is 4.63. The maximum atomic E-state index is 3.89. The molecular weight excluding hydrogens is 156 g/mol. The van der Waals surface area contributed by atoms with Crippen LogP contribution in [0.1, 0.15) is 34.6 Å². The first-order valence-electron chi connectivity index (χ1n) is 4.63. The molecule has 13 heavy (non-hydrogen) atoms. The second-order valence-electron chi connectivity index (χ2n) is 3.45. The molecule has 0 unspecified atom stereocenters. The van der Waals surface area contributed by atoms with Gasteiger partial charge in [0.2, 0.25) is 0 Å². The Morgan fingerprint density at radius 2 is 1.31 bits per heavy atom. The Labute approximate surface area is 82.4 Å². The van der Waals surface area contributed by atoms with Crippen LogP contribution in [0.15, 0.2) is 47.1 Å². The minimum Gasteiger partial charge on any atom is -0.0958 e. The summed E-state index contributed by atoms with van der Waals surface area (Å²) in [6.45, 7) is 14.3. The van der Waals surface area contributed by atoms with Crippen molar-refractivity contribution in [3.8, 4) is 0 Å². The lowest BCUT2D eigenvalue weighted by atomic mass is 10.1. The summed E-state index contributed by atoms with van der Waals surface area (Å²) in [5.41, 5.74) is 5.00. The molecule has 0 atom stereocenters. The van der Waals surface area contributed by atoms with E-state index in [1.807, 2.05) is 6.92 Å². The molecule has 0 aliphatic heterocycles. The van der Waals surface area contributed by atoms with Crippen molar-refractivity contribution in [2.24, 2.45) is 0 Å². The smallest absolute Gasteiger partial charge is 0.0395 e. The monoisotopic (exact) mass is 176 g/mol. The van der Waals surface area contributed by atoms with Gasteiger partial charge in [0.1, 0.15) is 0 Å². The Kier molecular flexibility index (Phi) is 5.13. The normalized spacial score (nSPS) is 14.7. The highest BCUT2D eigenvalue weighted by atomic mass is 14.0. The molecule has 0 amide bonds. The number of hydrogen-bond donors (Lipinski definition) is 0. The van der Waals surface area contributed by atoms with Crippen LogP contribution in [0.2, 0.25) is 0 Å². The van der Waals surface area contributed by atoms with E-state index in [-0.39, 0.29) is 0 Å². The first kappa shape index (κ1) is 12.0. The lowest BCUT2D eigenvalue weighted by Crippen LogP contribution is -1.79. The SMILES string of the molecule is C=C(C)/C(C)=C/C=C(C)/C(C)=C/C. The van der Waals surface area contributed by atoms with Crippen molar-refractivity contribution in [1.29, 1.82) is 0 Å². The molecular formula is C13H20. The molecule has 0 nitrogen and oxygen atoms in total. The van der Waals surface area contributed by atoms with Crippen LogP contribution in [-0.4, -0.2) is 0 Å². The molecule has 0 radical (unpaired) electrons. The highest BCUT2D eigenvalue weighted by molar-refractivity contribution is 5.34. The van der Waals surface area contributed by atoms with E-state index in [9.17, 15) is 0 Å². The van der Waals surface area contributed by atoms with Gasteiger partial charge in [0.15, 0.2) is 0 Å². The van der Waals surface area contributed by atoms with Crippen LogP contribution in [-0.2, 0) is 0 Å². The third kappa shape index (κ3) is 4.51. The Balaban J connectivity index is 4.61. The van der Waals surface area contributed by atoms with Crippen molar-refractivity contribution in [2.75, 3.05) is 0 Å². The van der Waals surface area contributed by atoms with Gasteiger partial charge in [-0.25, -0.2) is 0 Å². The van der Waals surface area contributed by atoms with Crippen LogP contribution in [0.3, 0.4) is 0 Å². The maximum absolute atomic E-state index is 3.89. The summed E-state index contributed by atoms with van der Waals surface area (Å²) in [6.07, 6.45) is 6.37. The molecule has 0 aliphatic rings. The fourth-order valence-electron chi connectivity index (χ4n) is 0.751. The van der Waals surface area contributed by atoms with Crippen LogP contribution < -0.4 is 0 Å². The second kappa shape index (κ2) is 5.58. The first-order chi connectivity index (χ1) is 5.99. The molecule has 0 saturated heterocycles. The lowest BCUT2D eigenvalue weighted by molar-refractivity contribution is 1.31. The molecule has 0 N–H and O–H groups in total. The third-order valence-electron chi connectivity index (χ3n) is 2.31. The molecule has 0 aromatic heterocycles. The molecule has 0 saturated carbocycles. The average Bonchev–Trinajstić information content (AvgIpc) is 2.11. The van der Waals surface area contributed by atoms with E-state index in [2.05, 4.69) is 52.5 Å². The zero-order valence-electron chi connectivity index (χ0n) is 9.44. The molecule has 0 spiro atoms. The van der Waals surface area contributed by atoms with E-state index in [4.69, 9.17) is 0 Å². The van der Waals surface area contributed by atoms with Crippen molar-refractivity contribution in [3.63, 3.8) is 0 Å². The number of rotatable bonds is 3. The average molecular weight is 176 g/mol. The van der Waals surface area contributed by atoms with E-state index >= 15 is 0 Å². The summed E-state index contributed by atoms with van der Waals surface area (Å²) in [6, 6.07) is 0. The van der Waals surface area contributed by atoms with Gasteiger partial charge < -0.3 is 0 Å². The van der Waals surface area contributed by atoms with Gasteiger partial charge in [0, 0.05) is 0 Å². The Bertz CT molecular complexity index is 272. The van der Waals surface area contributed by atoms with Crippen LogP contribution >= 0.6 is 0 Å². The molecule has 0 fully saturated rings. The third-order valence-corrected chi connectivity index (χ3v) is 2.31. The van der Waals surface area contributed by atoms with Gasteiger partial charge in [-0.05, 0) is 45.8 Å². The molecule has 0 heteroatoms. The van der Waals surface area contributed by atoms with Crippen molar-refractivity contribution >= 4 is 0 Å². The fourth-order valence-corrected chi connectivity index (χ4v) is 0.751. The number of allylic oxidation sites excluding steroid dienone is 7. The summed E-state index contributed by atoms with van der Waals surface area (Å²) < 4.78 is 0. The highest BCUT2D eigenvalue weighted by Crippen LogP contribution is 2.10. The van der Waals surface area contributed by atoms with Gasteiger partial charge >= 0.3 is 0 Å². The quantitative estimate of drug-likeness (QED) is 0.558. The van der Waals surface area contributed by atoms with Gasteiger partial charge in [0.25, 0.3) is 0 Å². The molecule has 0 aromatic rings. The van der Waals surface area contributed by atoms with Crippen molar-refractivity contribution in [3.05, 3.63) is 47.1 Å². The minimum absolute atomic E-state index is 1.13. The largest absolute Gasteiger partial charge is 0.0958 e. The van der Waals surface area contributed by atoms with Crippen LogP contribution in [0.25, 0.3) is 0 Å². The van der Waals surface area contributed by atoms with E-state index in [1.165, 1.54) is 16.7 Å². The Morgan fingerprint density at radius 1 is 0.846 bits per heavy atom. The van der Waals surface area contributed by atoms with Crippen molar-refractivity contribution < 1.29 is 0 Å². The lowest BCUT2D eigenvalue weighted by Gasteiger charge is -1.99. The van der Waals surface area contributed by atoms with E-state index in [1.54, 1.807) is 0 Å². The topological polar surface area (TPSA) is 0 Å². The minimum atomic E-state index is 1.13. The van der Waals surface area contributed by atoms with Crippen LogP contribution in [0, 0.1) is 0 Å². The Hall–Kier alpha value is -1.04. The summed E-state index contributed by atoms with van der Waals surface area (Å²) in [5, 5.41) is 0. The zero-order valence-corrected chi connectivity index (χ0v) is 9.44. The molecule has 0 bridgehead atoms. The van der Waals surface area contributed by atoms with E-state index in [0.29, 0.717) is 0 Å². The van der Waals surface area contributed by atoms with E-state index in [0.717, 1.165) is 5.57 Å². The molecule has 0 aliphatic carbocycles. The van der Waals surface area contributed by atoms with Crippen molar-refractivity contribution in [1.82, 2.24) is 0 Å². The summed E-state index contributed by atoms with van der Waals surface area (Å²) >= 11 is 0. The zero-order chi connectivity index (χ0) is 10.4. The van der Waals surface area contributed by atoms with Crippen LogP contribution in [0.4, 0.5) is 0 Å². The molecule has 72 valence electrons. The standard InChI is InChI=1S/C13H20/c1-7-11(4)13(6)9-8-12(5)10(2)3/h7-9H,2H2,1,3-6H3/b11-7+,12-8+,13-9+. The predicted octanol–water partition coefficient (Wildman–Crippen LogP) is 4.42. The van der Waals surface area contributed by atoms with Crippen LogP contribution in [0.5, 0.6) is 0 Å². The maximum Gasteiger partial charge on any atom is -0.0395 e. The molecule has 0 aromatic carbocycles. The molecule has 0 heterocycles. The van der Waals surface area contributed by atoms with Gasteiger partial charge in [-0.3, -0.25) is 0 Å². The van der Waals surface area contributed by atoms with E-state index < -0.39 is 0 Å². The van der Waals surface area contributed by atoms with Gasteiger partial charge in [-0.2, -0.15) is 0 Å². The Morgan fingerprint density at radius 3 is 1.69 bits per heavy atom. The molecule has 0 rings (SSSR count). The number of hydrogen-bond acceptors (Lipinski definition) is 0.